The molecule has 1 amide bonds. The SMILES string of the molecule is CCC(=O)Nc1nc(C)c(-c2nc(-c3ccc(C)cc3)no2)s1. The number of carbonyl (C=O) groups excluding carboxylic acids is 1. The molecule has 6 nitrogen and oxygen atoms in total. The molecular weight excluding hydrogens is 312 g/mol. The average Bonchev–Trinajstić information content (AvgIpc) is 3.14. The Labute approximate surface area is 137 Å². The molecule has 0 saturated heterocycles. The third kappa shape index (κ3) is 3.29. The van der Waals surface area contributed by atoms with Gasteiger partial charge in [0.25, 0.3) is 5.89 Å². The van der Waals surface area contributed by atoms with Crippen LogP contribution in [0.1, 0.15) is 24.6 Å². The third-order valence-corrected chi connectivity index (χ3v) is 4.35. The predicted octanol–water partition coefficient (Wildman–Crippen LogP) is 3.83. The Hall–Kier alpha value is -2.54. The van der Waals surface area contributed by atoms with Crippen molar-refractivity contribution in [1.29, 1.82) is 0 Å². The summed E-state index contributed by atoms with van der Waals surface area (Å²) in [6, 6.07) is 7.91. The topological polar surface area (TPSA) is 80.9 Å². The van der Waals surface area contributed by atoms with Gasteiger partial charge in [0.15, 0.2) is 5.13 Å². The lowest BCUT2D eigenvalue weighted by molar-refractivity contribution is -0.115. The number of anilines is 1. The van der Waals surface area contributed by atoms with Crippen molar-refractivity contribution in [3.8, 4) is 22.2 Å². The highest BCUT2D eigenvalue weighted by Gasteiger charge is 2.17. The number of hydrogen-bond acceptors (Lipinski definition) is 6. The molecule has 2 heterocycles. The van der Waals surface area contributed by atoms with Gasteiger partial charge in [0.05, 0.1) is 5.69 Å². The van der Waals surface area contributed by atoms with E-state index in [0.717, 1.165) is 16.1 Å². The van der Waals surface area contributed by atoms with Crippen molar-refractivity contribution in [1.82, 2.24) is 15.1 Å². The molecule has 118 valence electrons. The van der Waals surface area contributed by atoms with Crippen LogP contribution in [0.15, 0.2) is 28.8 Å². The summed E-state index contributed by atoms with van der Waals surface area (Å²) in [5, 5.41) is 7.31. The first-order valence-corrected chi connectivity index (χ1v) is 8.07. The molecule has 0 saturated carbocycles. The Morgan fingerprint density at radius 1 is 1.22 bits per heavy atom. The van der Waals surface area contributed by atoms with Gasteiger partial charge in [0.1, 0.15) is 4.88 Å². The molecule has 2 aromatic heterocycles. The van der Waals surface area contributed by atoms with E-state index in [1.807, 2.05) is 38.1 Å². The maximum Gasteiger partial charge on any atom is 0.270 e. The van der Waals surface area contributed by atoms with Gasteiger partial charge in [-0.3, -0.25) is 4.79 Å². The number of benzene rings is 1. The fraction of sp³-hybridized carbons (Fsp3) is 0.250. The molecule has 3 aromatic rings. The monoisotopic (exact) mass is 328 g/mol. The van der Waals surface area contributed by atoms with E-state index in [-0.39, 0.29) is 5.91 Å². The van der Waals surface area contributed by atoms with Crippen LogP contribution in [0.2, 0.25) is 0 Å². The van der Waals surface area contributed by atoms with Crippen LogP contribution in [-0.2, 0) is 4.79 Å². The molecule has 1 aromatic carbocycles. The number of thiazole rings is 1. The van der Waals surface area contributed by atoms with Crippen LogP contribution < -0.4 is 5.32 Å². The summed E-state index contributed by atoms with van der Waals surface area (Å²) in [5.74, 6) is 0.871. The largest absolute Gasteiger partial charge is 0.333 e. The highest BCUT2D eigenvalue weighted by molar-refractivity contribution is 7.19. The van der Waals surface area contributed by atoms with Gasteiger partial charge in [-0.05, 0) is 13.8 Å². The standard InChI is InChI=1S/C16H16N4O2S/c1-4-12(21)18-16-17-10(3)13(23-16)15-19-14(20-22-15)11-7-5-9(2)6-8-11/h5-8H,4H2,1-3H3,(H,17,18,21). The van der Waals surface area contributed by atoms with E-state index in [1.54, 1.807) is 6.92 Å². The lowest BCUT2D eigenvalue weighted by Crippen LogP contribution is -2.08. The van der Waals surface area contributed by atoms with Crippen LogP contribution in [-0.4, -0.2) is 21.0 Å². The van der Waals surface area contributed by atoms with E-state index in [0.29, 0.717) is 23.3 Å². The van der Waals surface area contributed by atoms with Gasteiger partial charge in [-0.1, -0.05) is 53.2 Å². The second kappa shape index (κ2) is 6.29. The normalized spacial score (nSPS) is 10.7. The van der Waals surface area contributed by atoms with E-state index in [4.69, 9.17) is 4.52 Å². The van der Waals surface area contributed by atoms with Gasteiger partial charge < -0.3 is 9.84 Å². The smallest absolute Gasteiger partial charge is 0.270 e. The Balaban J connectivity index is 1.88. The molecule has 23 heavy (non-hydrogen) atoms. The second-order valence-electron chi connectivity index (χ2n) is 5.12. The zero-order chi connectivity index (χ0) is 16.4. The predicted molar refractivity (Wildman–Crippen MR) is 89.2 cm³/mol. The van der Waals surface area contributed by atoms with E-state index in [1.165, 1.54) is 16.9 Å². The van der Waals surface area contributed by atoms with Gasteiger partial charge in [0.2, 0.25) is 11.7 Å². The number of aromatic nitrogens is 3. The molecular formula is C16H16N4O2S. The maximum absolute atomic E-state index is 11.5. The summed E-state index contributed by atoms with van der Waals surface area (Å²) in [7, 11) is 0. The van der Waals surface area contributed by atoms with E-state index < -0.39 is 0 Å². The van der Waals surface area contributed by atoms with Crippen LogP contribution in [0.4, 0.5) is 5.13 Å². The van der Waals surface area contributed by atoms with Gasteiger partial charge in [0, 0.05) is 12.0 Å². The number of nitrogens with one attached hydrogen (secondary N) is 1. The minimum Gasteiger partial charge on any atom is -0.333 e. The number of amides is 1. The molecule has 1 N–H and O–H groups in total. The molecule has 7 heteroatoms. The van der Waals surface area contributed by atoms with E-state index >= 15 is 0 Å². The summed E-state index contributed by atoms with van der Waals surface area (Å²) < 4.78 is 5.36. The second-order valence-corrected chi connectivity index (χ2v) is 6.12. The fourth-order valence-electron chi connectivity index (χ4n) is 1.99. The van der Waals surface area contributed by atoms with Gasteiger partial charge in [-0.15, -0.1) is 0 Å². The molecule has 0 atom stereocenters. The van der Waals surface area contributed by atoms with Gasteiger partial charge >= 0.3 is 0 Å². The number of hydrogen-bond donors (Lipinski definition) is 1. The third-order valence-electron chi connectivity index (χ3n) is 3.29. The molecule has 3 rings (SSSR count). The molecule has 0 aliphatic rings. The van der Waals surface area contributed by atoms with Crippen molar-refractivity contribution in [3.05, 3.63) is 35.5 Å². The molecule has 0 bridgehead atoms. The minimum absolute atomic E-state index is 0.0730. The van der Waals surface area contributed by atoms with E-state index in [2.05, 4.69) is 20.4 Å². The van der Waals surface area contributed by atoms with Gasteiger partial charge in [-0.25, -0.2) is 4.98 Å². The number of aryl methyl sites for hydroxylation is 2. The lowest BCUT2D eigenvalue weighted by atomic mass is 10.1. The first-order chi connectivity index (χ1) is 11.1. The molecule has 0 radical (unpaired) electrons. The number of nitrogens with zero attached hydrogens (tertiary/aromatic N) is 3. The number of rotatable bonds is 4. The molecule has 0 spiro atoms. The summed E-state index contributed by atoms with van der Waals surface area (Å²) in [6.07, 6.45) is 0.409. The van der Waals surface area contributed by atoms with Crippen LogP contribution in [0, 0.1) is 13.8 Å². The highest BCUT2D eigenvalue weighted by atomic mass is 32.1. The van der Waals surface area contributed by atoms with Crippen molar-refractivity contribution in [2.75, 3.05) is 5.32 Å². The van der Waals surface area contributed by atoms with Crippen LogP contribution in [0.3, 0.4) is 0 Å². The molecule has 0 aliphatic carbocycles. The Kier molecular flexibility index (Phi) is 4.20. The summed E-state index contributed by atoms with van der Waals surface area (Å²) in [6.45, 7) is 5.67. The van der Waals surface area contributed by atoms with Crippen molar-refractivity contribution < 1.29 is 9.32 Å². The summed E-state index contributed by atoms with van der Waals surface area (Å²) in [5.41, 5.74) is 2.82. The number of carbonyl (C=O) groups is 1. The van der Waals surface area contributed by atoms with Crippen LogP contribution in [0.5, 0.6) is 0 Å². The van der Waals surface area contributed by atoms with Crippen molar-refractivity contribution >= 4 is 22.4 Å². The first-order valence-electron chi connectivity index (χ1n) is 7.25. The summed E-state index contributed by atoms with van der Waals surface area (Å²) >= 11 is 1.33. The molecule has 0 fully saturated rings. The first kappa shape index (κ1) is 15.4. The van der Waals surface area contributed by atoms with Crippen molar-refractivity contribution in [3.63, 3.8) is 0 Å². The van der Waals surface area contributed by atoms with Gasteiger partial charge in [-0.2, -0.15) is 4.98 Å². The maximum atomic E-state index is 11.5. The summed E-state index contributed by atoms with van der Waals surface area (Å²) in [4.78, 5) is 21.0. The average molecular weight is 328 g/mol. The van der Waals surface area contributed by atoms with Crippen LogP contribution in [0.25, 0.3) is 22.2 Å². The zero-order valence-corrected chi connectivity index (χ0v) is 13.9. The van der Waals surface area contributed by atoms with Crippen molar-refractivity contribution in [2.24, 2.45) is 0 Å². The fourth-order valence-corrected chi connectivity index (χ4v) is 2.90. The Morgan fingerprint density at radius 2 is 1.96 bits per heavy atom. The Bertz CT molecular complexity index is 836. The molecule has 0 aliphatic heterocycles. The zero-order valence-electron chi connectivity index (χ0n) is 13.1. The Morgan fingerprint density at radius 3 is 2.65 bits per heavy atom. The minimum atomic E-state index is -0.0730. The molecule has 0 unspecified atom stereocenters. The van der Waals surface area contributed by atoms with Crippen LogP contribution >= 0.6 is 11.3 Å². The quantitative estimate of drug-likeness (QED) is 0.787. The highest BCUT2D eigenvalue weighted by Crippen LogP contribution is 2.32. The lowest BCUT2D eigenvalue weighted by Gasteiger charge is -1.95. The van der Waals surface area contributed by atoms with E-state index in [9.17, 15) is 4.79 Å². The van der Waals surface area contributed by atoms with Crippen molar-refractivity contribution in [2.45, 2.75) is 27.2 Å².